The lowest BCUT2D eigenvalue weighted by Gasteiger charge is -2.15. The van der Waals surface area contributed by atoms with Crippen molar-refractivity contribution in [1.82, 2.24) is 4.31 Å². The van der Waals surface area contributed by atoms with Crippen LogP contribution in [0.5, 0.6) is 5.75 Å². The van der Waals surface area contributed by atoms with E-state index in [1.807, 2.05) is 12.1 Å². The molecule has 2 aromatic carbocycles. The molecule has 1 N–H and O–H groups in total. The van der Waals surface area contributed by atoms with E-state index in [0.717, 1.165) is 22.9 Å². The highest BCUT2D eigenvalue weighted by molar-refractivity contribution is 7.89. The minimum atomic E-state index is -3.48. The van der Waals surface area contributed by atoms with Crippen LogP contribution in [-0.4, -0.2) is 38.8 Å². The van der Waals surface area contributed by atoms with Crippen LogP contribution in [0.15, 0.2) is 47.4 Å². The largest absolute Gasteiger partial charge is 0.497 e. The van der Waals surface area contributed by atoms with Gasteiger partial charge in [-0.15, -0.1) is 11.3 Å². The van der Waals surface area contributed by atoms with Crippen molar-refractivity contribution in [3.8, 4) is 5.75 Å². The number of sulfonamides is 1. The first-order valence-corrected chi connectivity index (χ1v) is 11.7. The fourth-order valence-electron chi connectivity index (χ4n) is 3.29. The number of nitrogens with one attached hydrogen (secondary N) is 1. The van der Waals surface area contributed by atoms with Gasteiger partial charge in [-0.1, -0.05) is 11.6 Å². The molecule has 1 aliphatic rings. The molecule has 2 heterocycles. The van der Waals surface area contributed by atoms with Crippen molar-refractivity contribution in [3.63, 3.8) is 0 Å². The summed E-state index contributed by atoms with van der Waals surface area (Å²) in [6.07, 6.45) is 1.77. The Labute approximate surface area is 178 Å². The van der Waals surface area contributed by atoms with Gasteiger partial charge in [0.15, 0.2) is 0 Å². The monoisotopic (exact) mass is 450 g/mol. The standard InChI is InChI=1S/C20H19ClN2O4S2/c1-27-14-6-9-16-17(12-14)28-19(18(16)21)20(24)22-13-4-7-15(8-5-13)29(25,26)23-10-2-3-11-23/h4-9,12H,2-3,10-11H2,1H3,(H,22,24). The number of rotatable bonds is 5. The highest BCUT2D eigenvalue weighted by Crippen LogP contribution is 2.37. The summed E-state index contributed by atoms with van der Waals surface area (Å²) < 4.78 is 32.8. The number of carbonyl (C=O) groups is 1. The van der Waals surface area contributed by atoms with Crippen LogP contribution in [0.2, 0.25) is 5.02 Å². The molecule has 4 rings (SSSR count). The number of halogens is 1. The highest BCUT2D eigenvalue weighted by Gasteiger charge is 2.27. The lowest BCUT2D eigenvalue weighted by Crippen LogP contribution is -2.27. The second-order valence-electron chi connectivity index (χ2n) is 6.70. The first kappa shape index (κ1) is 20.2. The van der Waals surface area contributed by atoms with E-state index in [4.69, 9.17) is 16.3 Å². The summed E-state index contributed by atoms with van der Waals surface area (Å²) in [5.74, 6) is 0.350. The van der Waals surface area contributed by atoms with Crippen LogP contribution in [0.1, 0.15) is 22.5 Å². The minimum absolute atomic E-state index is 0.226. The topological polar surface area (TPSA) is 75.7 Å². The molecular formula is C20H19ClN2O4S2. The van der Waals surface area contributed by atoms with Crippen LogP contribution in [0.25, 0.3) is 10.1 Å². The Hall–Kier alpha value is -2.13. The Morgan fingerprint density at radius 3 is 2.48 bits per heavy atom. The quantitative estimate of drug-likeness (QED) is 0.616. The van der Waals surface area contributed by atoms with Gasteiger partial charge in [0, 0.05) is 28.9 Å². The molecule has 0 atom stereocenters. The summed E-state index contributed by atoms with van der Waals surface area (Å²) in [4.78, 5) is 13.3. The first-order chi connectivity index (χ1) is 13.9. The van der Waals surface area contributed by atoms with Crippen LogP contribution >= 0.6 is 22.9 Å². The van der Waals surface area contributed by atoms with E-state index in [-0.39, 0.29) is 10.8 Å². The number of hydrogen-bond donors (Lipinski definition) is 1. The van der Waals surface area contributed by atoms with Gasteiger partial charge >= 0.3 is 0 Å². The molecule has 0 unspecified atom stereocenters. The Bertz CT molecular complexity index is 1170. The van der Waals surface area contributed by atoms with Gasteiger partial charge in [-0.2, -0.15) is 4.31 Å². The number of carbonyl (C=O) groups excluding carboxylic acids is 1. The molecule has 0 bridgehead atoms. The number of hydrogen-bond acceptors (Lipinski definition) is 5. The lowest BCUT2D eigenvalue weighted by molar-refractivity contribution is 0.103. The van der Waals surface area contributed by atoms with Crippen molar-refractivity contribution in [3.05, 3.63) is 52.4 Å². The molecule has 1 fully saturated rings. The summed E-state index contributed by atoms with van der Waals surface area (Å²) in [6, 6.07) is 11.7. The number of thiophene rings is 1. The molecule has 9 heteroatoms. The Balaban J connectivity index is 1.54. The van der Waals surface area contributed by atoms with Crippen molar-refractivity contribution in [1.29, 1.82) is 0 Å². The van der Waals surface area contributed by atoms with E-state index in [2.05, 4.69) is 5.32 Å². The molecular weight excluding hydrogens is 432 g/mol. The zero-order valence-corrected chi connectivity index (χ0v) is 18.0. The Morgan fingerprint density at radius 1 is 1.14 bits per heavy atom. The maximum Gasteiger partial charge on any atom is 0.267 e. The number of amides is 1. The van der Waals surface area contributed by atoms with Crippen LogP contribution < -0.4 is 10.1 Å². The van der Waals surface area contributed by atoms with Crippen molar-refractivity contribution in [2.24, 2.45) is 0 Å². The zero-order valence-electron chi connectivity index (χ0n) is 15.6. The molecule has 3 aromatic rings. The van der Waals surface area contributed by atoms with Crippen molar-refractivity contribution < 1.29 is 17.9 Å². The van der Waals surface area contributed by atoms with E-state index < -0.39 is 10.0 Å². The SMILES string of the molecule is COc1ccc2c(Cl)c(C(=O)Nc3ccc(S(=O)(=O)N4CCCC4)cc3)sc2c1. The number of ether oxygens (including phenoxy) is 1. The lowest BCUT2D eigenvalue weighted by atomic mass is 10.2. The van der Waals surface area contributed by atoms with Crippen LogP contribution in [-0.2, 0) is 10.0 Å². The van der Waals surface area contributed by atoms with Gasteiger partial charge in [-0.3, -0.25) is 4.79 Å². The molecule has 1 aliphatic heterocycles. The third-order valence-corrected chi connectivity index (χ3v) is 8.43. The first-order valence-electron chi connectivity index (χ1n) is 9.08. The van der Waals surface area contributed by atoms with Gasteiger partial charge in [0.05, 0.1) is 17.0 Å². The summed E-state index contributed by atoms with van der Waals surface area (Å²) >= 11 is 7.67. The maximum absolute atomic E-state index is 12.7. The van der Waals surface area contributed by atoms with Crippen molar-refractivity contribution in [2.45, 2.75) is 17.7 Å². The van der Waals surface area contributed by atoms with Gasteiger partial charge in [0.1, 0.15) is 10.6 Å². The van der Waals surface area contributed by atoms with Gasteiger partial charge in [0.2, 0.25) is 10.0 Å². The van der Waals surface area contributed by atoms with Crippen LogP contribution in [0.3, 0.4) is 0 Å². The van der Waals surface area contributed by atoms with Crippen molar-refractivity contribution >= 4 is 54.6 Å². The number of benzene rings is 2. The average Bonchev–Trinajstić information content (AvgIpc) is 3.37. The van der Waals surface area contributed by atoms with Crippen LogP contribution in [0, 0.1) is 0 Å². The van der Waals surface area contributed by atoms with E-state index in [0.29, 0.717) is 34.4 Å². The molecule has 29 heavy (non-hydrogen) atoms. The molecule has 1 saturated heterocycles. The van der Waals surface area contributed by atoms with E-state index in [9.17, 15) is 13.2 Å². The number of nitrogens with zero attached hydrogens (tertiary/aromatic N) is 1. The van der Waals surface area contributed by atoms with E-state index in [1.54, 1.807) is 25.3 Å². The Morgan fingerprint density at radius 2 is 1.83 bits per heavy atom. The summed E-state index contributed by atoms with van der Waals surface area (Å²) in [6.45, 7) is 1.10. The predicted molar refractivity (Wildman–Crippen MR) is 116 cm³/mol. The zero-order chi connectivity index (χ0) is 20.6. The van der Waals surface area contributed by atoms with Gasteiger partial charge in [-0.05, 0) is 55.3 Å². The minimum Gasteiger partial charge on any atom is -0.497 e. The maximum atomic E-state index is 12.7. The van der Waals surface area contributed by atoms with E-state index >= 15 is 0 Å². The Kier molecular flexibility index (Phi) is 5.52. The smallest absolute Gasteiger partial charge is 0.267 e. The molecule has 0 saturated carbocycles. The highest BCUT2D eigenvalue weighted by atomic mass is 35.5. The summed E-state index contributed by atoms with van der Waals surface area (Å²) in [5.41, 5.74) is 0.501. The number of methoxy groups -OCH3 is 1. The third kappa shape index (κ3) is 3.85. The molecule has 1 amide bonds. The fourth-order valence-corrected chi connectivity index (χ4v) is 6.25. The summed E-state index contributed by atoms with van der Waals surface area (Å²) in [7, 11) is -1.90. The number of fused-ring (bicyclic) bond motifs is 1. The average molecular weight is 451 g/mol. The van der Waals surface area contributed by atoms with E-state index in [1.165, 1.54) is 27.8 Å². The molecule has 1 aromatic heterocycles. The van der Waals surface area contributed by atoms with Gasteiger partial charge < -0.3 is 10.1 Å². The van der Waals surface area contributed by atoms with Crippen LogP contribution in [0.4, 0.5) is 5.69 Å². The normalized spacial score (nSPS) is 15.0. The molecule has 0 aliphatic carbocycles. The second-order valence-corrected chi connectivity index (χ2v) is 10.1. The number of anilines is 1. The second kappa shape index (κ2) is 7.95. The molecule has 0 radical (unpaired) electrons. The molecule has 152 valence electrons. The van der Waals surface area contributed by atoms with Gasteiger partial charge in [-0.25, -0.2) is 8.42 Å². The van der Waals surface area contributed by atoms with Crippen molar-refractivity contribution in [2.75, 3.05) is 25.5 Å². The molecule has 0 spiro atoms. The fraction of sp³-hybridized carbons (Fsp3) is 0.250. The third-order valence-electron chi connectivity index (χ3n) is 4.86. The van der Waals surface area contributed by atoms with Gasteiger partial charge in [0.25, 0.3) is 5.91 Å². The predicted octanol–water partition coefficient (Wildman–Crippen LogP) is 4.60. The summed E-state index contributed by atoms with van der Waals surface area (Å²) in [5, 5.41) is 3.96. The molecule has 6 nitrogen and oxygen atoms in total.